The first-order chi connectivity index (χ1) is 14.0. The maximum atomic E-state index is 14.5. The summed E-state index contributed by atoms with van der Waals surface area (Å²) >= 11 is 0. The SMILES string of the molecule is O=Cc1ccc(-c2cn(Cc3ccc(-c4nnc(C(F)F)o4)cc3F)nn2)nc1. The van der Waals surface area contributed by atoms with Gasteiger partial charge in [0.1, 0.15) is 11.5 Å². The lowest BCUT2D eigenvalue weighted by molar-refractivity contribution is 0.112. The Labute approximate surface area is 161 Å². The Morgan fingerprint density at radius 2 is 1.97 bits per heavy atom. The Hall–Kier alpha value is -3.89. The maximum absolute atomic E-state index is 14.5. The van der Waals surface area contributed by atoms with Crippen molar-refractivity contribution in [3.05, 3.63) is 65.6 Å². The molecule has 1 aromatic carbocycles. The third-order valence-corrected chi connectivity index (χ3v) is 3.98. The monoisotopic (exact) mass is 400 g/mol. The van der Waals surface area contributed by atoms with Gasteiger partial charge in [-0.3, -0.25) is 9.78 Å². The minimum atomic E-state index is -2.90. The van der Waals surface area contributed by atoms with Crippen molar-refractivity contribution in [3.8, 4) is 22.8 Å². The Kier molecular flexibility index (Phi) is 4.85. The number of carbonyl (C=O) groups excluding carboxylic acids is 1. The van der Waals surface area contributed by atoms with Crippen LogP contribution in [0.4, 0.5) is 13.2 Å². The second-order valence-corrected chi connectivity index (χ2v) is 5.95. The Morgan fingerprint density at radius 3 is 2.62 bits per heavy atom. The van der Waals surface area contributed by atoms with E-state index in [9.17, 15) is 18.0 Å². The number of halogens is 3. The molecule has 0 aliphatic carbocycles. The quantitative estimate of drug-likeness (QED) is 0.458. The normalized spacial score (nSPS) is 11.2. The van der Waals surface area contributed by atoms with Crippen molar-refractivity contribution in [2.24, 2.45) is 0 Å². The average Bonchev–Trinajstić information content (AvgIpc) is 3.40. The van der Waals surface area contributed by atoms with Gasteiger partial charge in [0.25, 0.3) is 5.89 Å². The van der Waals surface area contributed by atoms with E-state index in [0.29, 0.717) is 28.8 Å². The molecule has 0 saturated heterocycles. The van der Waals surface area contributed by atoms with Crippen molar-refractivity contribution in [1.29, 1.82) is 0 Å². The van der Waals surface area contributed by atoms with Gasteiger partial charge in [-0.2, -0.15) is 8.78 Å². The highest BCUT2D eigenvalue weighted by atomic mass is 19.3. The molecule has 0 N–H and O–H groups in total. The molecule has 146 valence electrons. The number of aldehydes is 1. The summed E-state index contributed by atoms with van der Waals surface area (Å²) in [6.45, 7) is 0.0810. The van der Waals surface area contributed by atoms with E-state index >= 15 is 0 Å². The Balaban J connectivity index is 1.52. The highest BCUT2D eigenvalue weighted by molar-refractivity contribution is 5.74. The van der Waals surface area contributed by atoms with Crippen LogP contribution >= 0.6 is 0 Å². The van der Waals surface area contributed by atoms with E-state index in [1.54, 1.807) is 18.3 Å². The lowest BCUT2D eigenvalue weighted by atomic mass is 10.1. The molecule has 0 spiro atoms. The van der Waals surface area contributed by atoms with Crippen LogP contribution in [0, 0.1) is 5.82 Å². The van der Waals surface area contributed by atoms with E-state index in [2.05, 4.69) is 25.5 Å². The molecule has 0 aliphatic heterocycles. The second kappa shape index (κ2) is 7.62. The number of pyridine rings is 1. The van der Waals surface area contributed by atoms with E-state index < -0.39 is 18.1 Å². The van der Waals surface area contributed by atoms with Gasteiger partial charge in [0.05, 0.1) is 18.4 Å². The smallest absolute Gasteiger partial charge is 0.314 e. The van der Waals surface area contributed by atoms with E-state index in [1.807, 2.05) is 0 Å². The number of hydrogen-bond acceptors (Lipinski definition) is 7. The average molecular weight is 400 g/mol. The molecule has 0 unspecified atom stereocenters. The lowest BCUT2D eigenvalue weighted by Crippen LogP contribution is -2.03. The molecule has 0 amide bonds. The molecule has 0 bridgehead atoms. The highest BCUT2D eigenvalue weighted by Gasteiger charge is 2.18. The van der Waals surface area contributed by atoms with Crippen LogP contribution in [0.1, 0.15) is 28.2 Å². The molecule has 3 heterocycles. The highest BCUT2D eigenvalue weighted by Crippen LogP contribution is 2.25. The van der Waals surface area contributed by atoms with E-state index in [4.69, 9.17) is 4.42 Å². The molecule has 0 saturated carbocycles. The van der Waals surface area contributed by atoms with Crippen molar-refractivity contribution in [2.75, 3.05) is 0 Å². The van der Waals surface area contributed by atoms with Gasteiger partial charge in [-0.05, 0) is 24.3 Å². The molecule has 4 rings (SSSR count). The van der Waals surface area contributed by atoms with E-state index in [1.165, 1.54) is 23.0 Å². The summed E-state index contributed by atoms with van der Waals surface area (Å²) in [6.07, 6.45) is 0.786. The fourth-order valence-corrected chi connectivity index (χ4v) is 2.54. The summed E-state index contributed by atoms with van der Waals surface area (Å²) in [6, 6.07) is 7.30. The van der Waals surface area contributed by atoms with Crippen LogP contribution in [0.15, 0.2) is 47.1 Å². The lowest BCUT2D eigenvalue weighted by Gasteiger charge is -2.04. The van der Waals surface area contributed by atoms with Gasteiger partial charge in [0.2, 0.25) is 5.89 Å². The topological polar surface area (TPSA) is 99.6 Å². The van der Waals surface area contributed by atoms with Crippen LogP contribution in [-0.4, -0.2) is 36.5 Å². The van der Waals surface area contributed by atoms with Crippen molar-refractivity contribution in [1.82, 2.24) is 30.2 Å². The number of carbonyl (C=O) groups is 1. The van der Waals surface area contributed by atoms with Gasteiger partial charge in [-0.25, -0.2) is 9.07 Å². The van der Waals surface area contributed by atoms with Gasteiger partial charge in [0.15, 0.2) is 6.29 Å². The number of rotatable bonds is 6. The maximum Gasteiger partial charge on any atom is 0.314 e. The largest absolute Gasteiger partial charge is 0.415 e. The van der Waals surface area contributed by atoms with E-state index in [-0.39, 0.29) is 18.0 Å². The molecule has 11 heteroatoms. The van der Waals surface area contributed by atoms with Crippen molar-refractivity contribution in [3.63, 3.8) is 0 Å². The van der Waals surface area contributed by atoms with Crippen LogP contribution in [0.2, 0.25) is 0 Å². The number of hydrogen-bond donors (Lipinski definition) is 0. The summed E-state index contributed by atoms with van der Waals surface area (Å²) in [7, 11) is 0. The molecule has 4 aromatic rings. The summed E-state index contributed by atoms with van der Waals surface area (Å²) in [5.74, 6) is -1.61. The molecule has 8 nitrogen and oxygen atoms in total. The minimum Gasteiger partial charge on any atom is -0.415 e. The molecular formula is C18H11F3N6O2. The zero-order valence-electron chi connectivity index (χ0n) is 14.5. The predicted octanol–water partition coefficient (Wildman–Crippen LogP) is 3.33. The van der Waals surface area contributed by atoms with Crippen LogP contribution in [0.3, 0.4) is 0 Å². The molecular weight excluding hydrogens is 389 g/mol. The van der Waals surface area contributed by atoms with Crippen LogP contribution < -0.4 is 0 Å². The fraction of sp³-hybridized carbons (Fsp3) is 0.111. The van der Waals surface area contributed by atoms with Crippen LogP contribution in [0.5, 0.6) is 0 Å². The third kappa shape index (κ3) is 3.88. The summed E-state index contributed by atoms with van der Waals surface area (Å²) in [5, 5.41) is 14.6. The van der Waals surface area contributed by atoms with Gasteiger partial charge < -0.3 is 4.42 Å². The first kappa shape index (κ1) is 18.5. The fourth-order valence-electron chi connectivity index (χ4n) is 2.54. The molecule has 3 aromatic heterocycles. The van der Waals surface area contributed by atoms with Crippen LogP contribution in [-0.2, 0) is 6.54 Å². The number of nitrogens with zero attached hydrogens (tertiary/aromatic N) is 6. The molecule has 0 atom stereocenters. The molecule has 0 fully saturated rings. The number of aromatic nitrogens is 6. The Morgan fingerprint density at radius 1 is 1.10 bits per heavy atom. The Bertz CT molecular complexity index is 1160. The number of benzene rings is 1. The summed E-state index contributed by atoms with van der Waals surface area (Å²) < 4.78 is 45.8. The van der Waals surface area contributed by atoms with Gasteiger partial charge in [-0.1, -0.05) is 11.3 Å². The predicted molar refractivity (Wildman–Crippen MR) is 92.4 cm³/mol. The van der Waals surface area contributed by atoms with Crippen molar-refractivity contribution < 1.29 is 22.4 Å². The standard InChI is InChI=1S/C18H11F3N6O2/c19-13-5-11(17-24-25-18(29-17)16(20)21)2-3-12(13)7-27-8-15(23-26-27)14-4-1-10(9-28)6-22-14/h1-6,8-9,16H,7H2. The first-order valence-corrected chi connectivity index (χ1v) is 8.25. The van der Waals surface area contributed by atoms with E-state index in [0.717, 1.165) is 6.07 Å². The molecule has 0 radical (unpaired) electrons. The van der Waals surface area contributed by atoms with Gasteiger partial charge in [0, 0.05) is 22.9 Å². The summed E-state index contributed by atoms with van der Waals surface area (Å²) in [4.78, 5) is 14.8. The number of alkyl halides is 2. The third-order valence-electron chi connectivity index (χ3n) is 3.98. The zero-order valence-corrected chi connectivity index (χ0v) is 14.5. The van der Waals surface area contributed by atoms with Crippen LogP contribution in [0.25, 0.3) is 22.8 Å². The zero-order chi connectivity index (χ0) is 20.4. The molecule has 0 aliphatic rings. The van der Waals surface area contributed by atoms with Gasteiger partial charge in [-0.15, -0.1) is 15.3 Å². The first-order valence-electron chi connectivity index (χ1n) is 8.25. The second-order valence-electron chi connectivity index (χ2n) is 5.95. The van der Waals surface area contributed by atoms with Gasteiger partial charge >= 0.3 is 6.43 Å². The molecule has 29 heavy (non-hydrogen) atoms. The minimum absolute atomic E-state index is 0.0810. The van der Waals surface area contributed by atoms with Crippen molar-refractivity contribution >= 4 is 6.29 Å². The van der Waals surface area contributed by atoms with Crippen molar-refractivity contribution in [2.45, 2.75) is 13.0 Å². The summed E-state index contributed by atoms with van der Waals surface area (Å²) in [5.41, 5.74) is 1.89.